The molecule has 1 aromatic carbocycles. The highest BCUT2D eigenvalue weighted by Gasteiger charge is 2.09. The highest BCUT2D eigenvalue weighted by Crippen LogP contribution is 2.16. The number of hydrogen-bond acceptors (Lipinski definition) is 3. The number of unbranched alkanes of at least 4 members (excludes halogenated alkanes) is 16. The van der Waals surface area contributed by atoms with Crippen LogP contribution in [0.25, 0.3) is 0 Å². The van der Waals surface area contributed by atoms with E-state index < -0.39 is 5.82 Å². The molecule has 188 valence electrons. The molecule has 0 aliphatic carbocycles. The van der Waals surface area contributed by atoms with Crippen molar-refractivity contribution in [3.05, 3.63) is 35.1 Å². The van der Waals surface area contributed by atoms with E-state index in [0.717, 1.165) is 19.3 Å². The van der Waals surface area contributed by atoms with Gasteiger partial charge in [-0.2, -0.15) is 5.26 Å². The minimum absolute atomic E-state index is 0.0285. The van der Waals surface area contributed by atoms with Gasteiger partial charge in [0.05, 0.1) is 31.0 Å². The average Bonchev–Trinajstić information content (AvgIpc) is 2.82. The van der Waals surface area contributed by atoms with Gasteiger partial charge in [0, 0.05) is 0 Å². The number of aliphatic hydroxyl groups is 1. The number of benzene rings is 1. The van der Waals surface area contributed by atoms with Crippen molar-refractivity contribution in [3.8, 4) is 6.07 Å². The van der Waals surface area contributed by atoms with E-state index in [1.165, 1.54) is 108 Å². The van der Waals surface area contributed by atoms with Crippen molar-refractivity contribution in [1.29, 1.82) is 5.26 Å². The lowest BCUT2D eigenvalue weighted by molar-refractivity contribution is -0.00357. The summed E-state index contributed by atoms with van der Waals surface area (Å²) >= 11 is 0. The van der Waals surface area contributed by atoms with E-state index in [1.807, 2.05) is 6.07 Å². The Morgan fingerprint density at radius 3 is 1.73 bits per heavy atom. The summed E-state index contributed by atoms with van der Waals surface area (Å²) in [6.07, 6.45) is 23.5. The first kappa shape index (κ1) is 29.6. The molecule has 1 atom stereocenters. The second kappa shape index (κ2) is 21.1. The molecule has 0 amide bonds. The summed E-state index contributed by atoms with van der Waals surface area (Å²) in [6.45, 7) is 2.47. The number of nitriles is 1. The maximum absolute atomic E-state index is 13.5. The van der Waals surface area contributed by atoms with Crippen molar-refractivity contribution in [2.45, 2.75) is 135 Å². The Kier molecular flexibility index (Phi) is 18.9. The first-order valence-corrected chi connectivity index (χ1v) is 13.6. The van der Waals surface area contributed by atoms with E-state index in [1.54, 1.807) is 6.07 Å². The van der Waals surface area contributed by atoms with Crippen LogP contribution < -0.4 is 0 Å². The monoisotopic (exact) mass is 461 g/mol. The predicted octanol–water partition coefficient (Wildman–Crippen LogP) is 8.62. The summed E-state index contributed by atoms with van der Waals surface area (Å²) in [6, 6.07) is 6.18. The molecule has 0 bridgehead atoms. The largest absolute Gasteiger partial charge is 0.394 e. The van der Waals surface area contributed by atoms with Gasteiger partial charge in [0.25, 0.3) is 0 Å². The van der Waals surface area contributed by atoms with E-state index in [4.69, 9.17) is 10.00 Å². The predicted molar refractivity (Wildman–Crippen MR) is 136 cm³/mol. The van der Waals surface area contributed by atoms with E-state index in [0.29, 0.717) is 11.1 Å². The van der Waals surface area contributed by atoms with Crippen molar-refractivity contribution in [3.63, 3.8) is 0 Å². The molecular weight excluding hydrogens is 413 g/mol. The molecule has 0 spiro atoms. The first-order valence-electron chi connectivity index (χ1n) is 13.6. The van der Waals surface area contributed by atoms with E-state index in [2.05, 4.69) is 6.92 Å². The van der Waals surface area contributed by atoms with Gasteiger partial charge in [0.1, 0.15) is 5.82 Å². The van der Waals surface area contributed by atoms with Crippen LogP contribution in [0.5, 0.6) is 0 Å². The average molecular weight is 462 g/mol. The van der Waals surface area contributed by atoms with Gasteiger partial charge < -0.3 is 9.84 Å². The summed E-state index contributed by atoms with van der Waals surface area (Å²) in [7, 11) is 0. The summed E-state index contributed by atoms with van der Waals surface area (Å²) in [5.41, 5.74) is 0.926. The quantitative estimate of drug-likeness (QED) is 0.176. The van der Waals surface area contributed by atoms with Crippen LogP contribution in [-0.4, -0.2) is 17.8 Å². The van der Waals surface area contributed by atoms with Gasteiger partial charge in [0.15, 0.2) is 0 Å². The Bertz CT molecular complexity index is 629. The van der Waals surface area contributed by atoms with Gasteiger partial charge in [-0.1, -0.05) is 116 Å². The number of ether oxygens (including phenoxy) is 1. The highest BCUT2D eigenvalue weighted by molar-refractivity contribution is 5.33. The van der Waals surface area contributed by atoms with Gasteiger partial charge in [-0.25, -0.2) is 4.39 Å². The smallest absolute Gasteiger partial charge is 0.124 e. The van der Waals surface area contributed by atoms with Crippen molar-refractivity contribution in [1.82, 2.24) is 0 Å². The molecule has 33 heavy (non-hydrogen) atoms. The zero-order valence-corrected chi connectivity index (χ0v) is 21.1. The van der Waals surface area contributed by atoms with Crippen LogP contribution in [0.15, 0.2) is 18.2 Å². The number of hydrogen-bond donors (Lipinski definition) is 1. The Hall–Kier alpha value is -1.44. The van der Waals surface area contributed by atoms with E-state index in [9.17, 15) is 9.50 Å². The summed E-state index contributed by atoms with van der Waals surface area (Å²) in [5, 5.41) is 18.5. The third-order valence-electron chi connectivity index (χ3n) is 6.41. The van der Waals surface area contributed by atoms with Crippen LogP contribution in [0.1, 0.15) is 134 Å². The van der Waals surface area contributed by atoms with Gasteiger partial charge in [-0.05, 0) is 30.2 Å². The molecule has 0 saturated carbocycles. The van der Waals surface area contributed by atoms with Crippen LogP contribution in [-0.2, 0) is 11.3 Å². The van der Waals surface area contributed by atoms with Crippen LogP contribution in [0.2, 0.25) is 0 Å². The first-order chi connectivity index (χ1) is 16.2. The Labute approximate surface area is 202 Å². The number of aliphatic hydroxyl groups excluding tert-OH is 1. The maximum Gasteiger partial charge on any atom is 0.124 e. The lowest BCUT2D eigenvalue weighted by atomic mass is 10.0. The molecule has 0 saturated heterocycles. The topological polar surface area (TPSA) is 53.2 Å². The van der Waals surface area contributed by atoms with Crippen molar-refractivity contribution >= 4 is 0 Å². The molecule has 0 aliphatic heterocycles. The molecule has 1 unspecified atom stereocenters. The minimum Gasteiger partial charge on any atom is -0.394 e. The molecule has 1 rings (SSSR count). The lowest BCUT2D eigenvalue weighted by Crippen LogP contribution is -2.17. The Balaban J connectivity index is 1.91. The Morgan fingerprint density at radius 2 is 1.27 bits per heavy atom. The van der Waals surface area contributed by atoms with Gasteiger partial charge in [0.2, 0.25) is 0 Å². The third kappa shape index (κ3) is 16.8. The fourth-order valence-corrected chi connectivity index (χ4v) is 4.34. The molecule has 1 aromatic rings. The number of nitrogens with zero attached hydrogens (tertiary/aromatic N) is 1. The van der Waals surface area contributed by atoms with Crippen molar-refractivity contribution in [2.24, 2.45) is 0 Å². The minimum atomic E-state index is -0.429. The standard InChI is InChI=1S/C29H48FNO2/c1-2-3-4-5-6-7-8-9-10-11-12-13-14-15-16-17-18-19-29(24-32)33-25-27-20-26(23-31)21-28(30)22-27/h20-22,29,32H,2-19,24-25H2,1H3. The molecule has 0 aliphatic rings. The number of halogens is 1. The SMILES string of the molecule is CCCCCCCCCCCCCCCCCCCC(CO)OCc1cc(F)cc(C#N)c1. The lowest BCUT2D eigenvalue weighted by Gasteiger charge is -2.15. The van der Waals surface area contributed by atoms with Crippen LogP contribution in [0, 0.1) is 17.1 Å². The van der Waals surface area contributed by atoms with Crippen LogP contribution in [0.3, 0.4) is 0 Å². The second-order valence-corrected chi connectivity index (χ2v) is 9.52. The zero-order chi connectivity index (χ0) is 24.0. The molecule has 4 heteroatoms. The van der Waals surface area contributed by atoms with Crippen molar-refractivity contribution in [2.75, 3.05) is 6.61 Å². The van der Waals surface area contributed by atoms with Gasteiger partial charge >= 0.3 is 0 Å². The molecule has 3 nitrogen and oxygen atoms in total. The molecular formula is C29H48FNO2. The molecule has 1 N–H and O–H groups in total. The summed E-state index contributed by atoms with van der Waals surface area (Å²) in [4.78, 5) is 0. The molecule has 0 fully saturated rings. The highest BCUT2D eigenvalue weighted by atomic mass is 19.1. The summed E-state index contributed by atoms with van der Waals surface area (Å²) < 4.78 is 19.2. The third-order valence-corrected chi connectivity index (χ3v) is 6.41. The zero-order valence-electron chi connectivity index (χ0n) is 21.1. The van der Waals surface area contributed by atoms with Gasteiger partial charge in [-0.3, -0.25) is 0 Å². The fourth-order valence-electron chi connectivity index (χ4n) is 4.34. The molecule has 0 aromatic heterocycles. The second-order valence-electron chi connectivity index (χ2n) is 9.52. The van der Waals surface area contributed by atoms with Crippen molar-refractivity contribution < 1.29 is 14.2 Å². The van der Waals surface area contributed by atoms with E-state index in [-0.39, 0.29) is 19.3 Å². The normalized spacial score (nSPS) is 12.1. The van der Waals surface area contributed by atoms with Gasteiger partial charge in [-0.15, -0.1) is 0 Å². The number of rotatable bonds is 22. The summed E-state index contributed by atoms with van der Waals surface area (Å²) in [5.74, 6) is -0.429. The molecule has 0 heterocycles. The van der Waals surface area contributed by atoms with Crippen LogP contribution >= 0.6 is 0 Å². The molecule has 0 radical (unpaired) electrons. The maximum atomic E-state index is 13.5. The fraction of sp³-hybridized carbons (Fsp3) is 0.759. The van der Waals surface area contributed by atoms with Crippen LogP contribution in [0.4, 0.5) is 4.39 Å². The van der Waals surface area contributed by atoms with E-state index >= 15 is 0 Å². The Morgan fingerprint density at radius 1 is 0.788 bits per heavy atom.